The number of carbonyl (C=O) groups excluding carboxylic acids is 3. The summed E-state index contributed by atoms with van der Waals surface area (Å²) in [7, 11) is 0. The monoisotopic (exact) mass is 402 g/mol. The van der Waals surface area contributed by atoms with Crippen molar-refractivity contribution < 1.29 is 14.4 Å². The Balaban J connectivity index is 1.61. The van der Waals surface area contributed by atoms with Crippen molar-refractivity contribution in [2.24, 2.45) is 11.8 Å². The molecule has 1 fully saturated rings. The molecule has 30 heavy (non-hydrogen) atoms. The summed E-state index contributed by atoms with van der Waals surface area (Å²) in [6, 6.07) is 12.8. The summed E-state index contributed by atoms with van der Waals surface area (Å²) in [6.07, 6.45) is 6.76. The maximum atomic E-state index is 13.0. The second kappa shape index (κ2) is 8.27. The van der Waals surface area contributed by atoms with Crippen molar-refractivity contribution in [3.63, 3.8) is 0 Å². The second-order valence-electron chi connectivity index (χ2n) is 7.83. The van der Waals surface area contributed by atoms with Crippen molar-refractivity contribution in [2.45, 2.75) is 39.5 Å². The Hall–Kier alpha value is -3.21. The van der Waals surface area contributed by atoms with Gasteiger partial charge in [0.1, 0.15) is 0 Å². The third kappa shape index (κ3) is 3.45. The number of fused-ring (bicyclic) bond motifs is 1. The number of hydrogen-bond donors (Lipinski definition) is 1. The summed E-state index contributed by atoms with van der Waals surface area (Å²) in [5.74, 6) is -1.16. The van der Waals surface area contributed by atoms with E-state index in [1.54, 1.807) is 24.3 Å². The van der Waals surface area contributed by atoms with E-state index in [9.17, 15) is 14.4 Å². The number of hydrogen-bond acceptors (Lipinski definition) is 3. The molecular weight excluding hydrogens is 376 g/mol. The highest BCUT2D eigenvalue weighted by Crippen LogP contribution is 2.37. The molecule has 0 spiro atoms. The highest BCUT2D eigenvalue weighted by molar-refractivity contribution is 6.22. The zero-order chi connectivity index (χ0) is 21.3. The average Bonchev–Trinajstić information content (AvgIpc) is 3.04. The summed E-state index contributed by atoms with van der Waals surface area (Å²) >= 11 is 0. The third-order valence-electron chi connectivity index (χ3n) is 6.11. The molecular formula is C25H26N2O3. The van der Waals surface area contributed by atoms with Crippen LogP contribution >= 0.6 is 0 Å². The minimum absolute atomic E-state index is 0.170. The van der Waals surface area contributed by atoms with Crippen molar-refractivity contribution in [3.05, 3.63) is 71.3 Å². The molecule has 2 aromatic rings. The molecule has 1 heterocycles. The van der Waals surface area contributed by atoms with Gasteiger partial charge in [0.25, 0.3) is 5.91 Å². The average molecular weight is 402 g/mol. The number of imide groups is 1. The first-order valence-electron chi connectivity index (χ1n) is 10.6. The lowest BCUT2D eigenvalue weighted by Crippen LogP contribution is -2.31. The molecule has 0 saturated carbocycles. The lowest BCUT2D eigenvalue weighted by atomic mass is 9.85. The van der Waals surface area contributed by atoms with E-state index in [-0.39, 0.29) is 29.6 Å². The van der Waals surface area contributed by atoms with Crippen LogP contribution < -0.4 is 10.2 Å². The molecule has 1 N–H and O–H groups in total. The van der Waals surface area contributed by atoms with Gasteiger partial charge in [0, 0.05) is 11.3 Å². The number of nitrogens with one attached hydrogen (secondary N) is 1. The second-order valence-corrected chi connectivity index (χ2v) is 7.83. The Bertz CT molecular complexity index is 992. The molecule has 5 heteroatoms. The molecule has 2 aromatic carbocycles. The van der Waals surface area contributed by atoms with E-state index in [1.165, 1.54) is 4.90 Å². The number of para-hydroxylation sites is 1. The Kier molecular flexibility index (Phi) is 5.53. The van der Waals surface area contributed by atoms with Gasteiger partial charge in [-0.05, 0) is 55.0 Å². The van der Waals surface area contributed by atoms with Crippen LogP contribution in [0.25, 0.3) is 0 Å². The molecule has 4 rings (SSSR count). The van der Waals surface area contributed by atoms with Gasteiger partial charge in [-0.1, -0.05) is 50.3 Å². The van der Waals surface area contributed by atoms with Gasteiger partial charge in [-0.2, -0.15) is 0 Å². The fraction of sp³-hybridized carbons (Fsp3) is 0.320. The Morgan fingerprint density at radius 1 is 0.933 bits per heavy atom. The van der Waals surface area contributed by atoms with Gasteiger partial charge < -0.3 is 5.32 Å². The zero-order valence-electron chi connectivity index (χ0n) is 17.4. The first-order valence-corrected chi connectivity index (χ1v) is 10.6. The van der Waals surface area contributed by atoms with Crippen LogP contribution in [0.1, 0.15) is 48.2 Å². The number of aryl methyl sites for hydroxylation is 2. The van der Waals surface area contributed by atoms with E-state index in [0.717, 1.165) is 29.7 Å². The molecule has 1 aliphatic carbocycles. The van der Waals surface area contributed by atoms with Crippen molar-refractivity contribution in [1.82, 2.24) is 0 Å². The minimum Gasteiger partial charge on any atom is -0.321 e. The van der Waals surface area contributed by atoms with Gasteiger partial charge in [0.2, 0.25) is 11.8 Å². The van der Waals surface area contributed by atoms with E-state index in [1.807, 2.05) is 30.4 Å². The topological polar surface area (TPSA) is 66.5 Å². The van der Waals surface area contributed by atoms with Gasteiger partial charge in [0.15, 0.2) is 0 Å². The van der Waals surface area contributed by atoms with Crippen LogP contribution in [0.15, 0.2) is 54.6 Å². The molecule has 1 aliphatic heterocycles. The quantitative estimate of drug-likeness (QED) is 0.591. The molecule has 2 atom stereocenters. The summed E-state index contributed by atoms with van der Waals surface area (Å²) in [5.41, 5.74) is 3.91. The van der Waals surface area contributed by atoms with Crippen LogP contribution in [0, 0.1) is 11.8 Å². The minimum atomic E-state index is -0.288. The molecule has 154 valence electrons. The van der Waals surface area contributed by atoms with Gasteiger partial charge >= 0.3 is 0 Å². The number of carbonyl (C=O) groups is 3. The molecule has 3 amide bonds. The molecule has 1 saturated heterocycles. The number of benzene rings is 2. The van der Waals surface area contributed by atoms with Gasteiger partial charge in [-0.25, -0.2) is 0 Å². The van der Waals surface area contributed by atoms with Gasteiger partial charge in [0.05, 0.1) is 17.5 Å². The van der Waals surface area contributed by atoms with Crippen molar-refractivity contribution >= 4 is 29.1 Å². The molecule has 2 aliphatic rings. The highest BCUT2D eigenvalue weighted by Gasteiger charge is 2.47. The van der Waals surface area contributed by atoms with Crippen LogP contribution in [-0.2, 0) is 22.4 Å². The maximum Gasteiger partial charge on any atom is 0.255 e. The predicted molar refractivity (Wildman–Crippen MR) is 117 cm³/mol. The smallest absolute Gasteiger partial charge is 0.255 e. The fourth-order valence-corrected chi connectivity index (χ4v) is 4.43. The van der Waals surface area contributed by atoms with Gasteiger partial charge in [-0.3, -0.25) is 19.3 Å². The largest absolute Gasteiger partial charge is 0.321 e. The lowest BCUT2D eigenvalue weighted by Gasteiger charge is -2.17. The van der Waals surface area contributed by atoms with E-state index in [0.29, 0.717) is 24.1 Å². The highest BCUT2D eigenvalue weighted by atomic mass is 16.2. The van der Waals surface area contributed by atoms with Crippen molar-refractivity contribution in [2.75, 3.05) is 10.2 Å². The molecule has 5 nitrogen and oxygen atoms in total. The van der Waals surface area contributed by atoms with Crippen molar-refractivity contribution in [3.8, 4) is 0 Å². The summed E-state index contributed by atoms with van der Waals surface area (Å²) < 4.78 is 0. The van der Waals surface area contributed by atoms with Crippen LogP contribution in [0.2, 0.25) is 0 Å². The number of nitrogens with zero attached hydrogens (tertiary/aromatic N) is 1. The number of anilines is 2. The van der Waals surface area contributed by atoms with E-state index < -0.39 is 0 Å². The number of rotatable bonds is 5. The molecule has 0 bridgehead atoms. The third-order valence-corrected chi connectivity index (χ3v) is 6.11. The standard InChI is InChI=1S/C25H26N2O3/c1-3-16-9-7-10-17(4-2)22(16)26-23(28)18-11-8-12-19(15-18)27-24(29)20-13-5-6-14-21(20)25(27)30/h5-12,15,20-21H,3-4,13-14H2,1-2H3,(H,26,28)/t20-,21-/m0/s1. The Labute approximate surface area is 176 Å². The zero-order valence-corrected chi connectivity index (χ0v) is 17.4. The Morgan fingerprint density at radius 2 is 1.50 bits per heavy atom. The predicted octanol–water partition coefficient (Wildman–Crippen LogP) is 4.52. The molecule has 0 unspecified atom stereocenters. The van der Waals surface area contributed by atoms with Crippen LogP contribution in [0.3, 0.4) is 0 Å². The number of allylic oxidation sites excluding steroid dienone is 2. The van der Waals surface area contributed by atoms with Crippen LogP contribution in [0.5, 0.6) is 0 Å². The van der Waals surface area contributed by atoms with E-state index in [4.69, 9.17) is 0 Å². The first kappa shape index (κ1) is 20.1. The molecule has 0 radical (unpaired) electrons. The van der Waals surface area contributed by atoms with E-state index >= 15 is 0 Å². The Morgan fingerprint density at radius 3 is 2.07 bits per heavy atom. The SMILES string of the molecule is CCc1cccc(CC)c1NC(=O)c1cccc(N2C(=O)[C@H]3CC=CC[C@@H]3C2=O)c1. The first-order chi connectivity index (χ1) is 14.5. The normalized spacial score (nSPS) is 20.4. The lowest BCUT2D eigenvalue weighted by molar-refractivity contribution is -0.122. The van der Waals surface area contributed by atoms with Crippen LogP contribution in [-0.4, -0.2) is 17.7 Å². The van der Waals surface area contributed by atoms with Gasteiger partial charge in [-0.15, -0.1) is 0 Å². The maximum absolute atomic E-state index is 13.0. The molecule has 0 aromatic heterocycles. The summed E-state index contributed by atoms with van der Waals surface area (Å²) in [4.78, 5) is 40.0. The van der Waals surface area contributed by atoms with Crippen LogP contribution in [0.4, 0.5) is 11.4 Å². The fourth-order valence-electron chi connectivity index (χ4n) is 4.43. The van der Waals surface area contributed by atoms with E-state index in [2.05, 4.69) is 19.2 Å². The number of amides is 3. The summed E-state index contributed by atoms with van der Waals surface area (Å²) in [6.45, 7) is 4.12. The van der Waals surface area contributed by atoms with Crippen molar-refractivity contribution in [1.29, 1.82) is 0 Å². The summed E-state index contributed by atoms with van der Waals surface area (Å²) in [5, 5.41) is 3.05.